The lowest BCUT2D eigenvalue weighted by Gasteiger charge is -2.11. The zero-order chi connectivity index (χ0) is 21.5. The zero-order valence-corrected chi connectivity index (χ0v) is 15.7. The summed E-state index contributed by atoms with van der Waals surface area (Å²) >= 11 is 0. The van der Waals surface area contributed by atoms with E-state index in [1.165, 1.54) is 16.7 Å². The molecule has 0 aliphatic carbocycles. The van der Waals surface area contributed by atoms with Crippen LogP contribution in [0, 0.1) is 0 Å². The average molecular weight is 416 g/mol. The maximum atomic E-state index is 12.9. The minimum atomic E-state index is -4.50. The number of aromatic nitrogens is 4. The third-order valence-corrected chi connectivity index (χ3v) is 4.66. The monoisotopic (exact) mass is 416 g/mol. The van der Waals surface area contributed by atoms with Crippen LogP contribution in [0.15, 0.2) is 62.6 Å². The molecule has 0 aliphatic heterocycles. The first-order chi connectivity index (χ1) is 14.3. The van der Waals surface area contributed by atoms with Crippen LogP contribution in [0.1, 0.15) is 18.4 Å². The molecule has 0 bridgehead atoms. The van der Waals surface area contributed by atoms with Crippen molar-refractivity contribution >= 4 is 10.9 Å². The van der Waals surface area contributed by atoms with Crippen molar-refractivity contribution in [1.82, 2.24) is 19.3 Å². The van der Waals surface area contributed by atoms with Gasteiger partial charge in [0.25, 0.3) is 5.56 Å². The molecule has 0 N–H and O–H groups in total. The van der Waals surface area contributed by atoms with Crippen molar-refractivity contribution in [2.45, 2.75) is 26.2 Å². The second-order valence-electron chi connectivity index (χ2n) is 6.53. The molecule has 2 aromatic carbocycles. The Morgan fingerprint density at radius 3 is 2.53 bits per heavy atom. The summed E-state index contributed by atoms with van der Waals surface area (Å²) < 4.78 is 46.4. The fourth-order valence-corrected chi connectivity index (χ4v) is 3.21. The number of para-hydroxylation sites is 1. The van der Waals surface area contributed by atoms with Gasteiger partial charge in [0, 0.05) is 12.1 Å². The number of hydrogen-bond acceptors (Lipinski definition) is 5. The van der Waals surface area contributed by atoms with Gasteiger partial charge in [0.05, 0.1) is 16.5 Å². The van der Waals surface area contributed by atoms with Crippen LogP contribution in [-0.2, 0) is 19.3 Å². The molecule has 0 saturated heterocycles. The molecule has 2 heterocycles. The summed E-state index contributed by atoms with van der Waals surface area (Å²) in [7, 11) is 0. The summed E-state index contributed by atoms with van der Waals surface area (Å²) in [6.45, 7) is 1.73. The molecule has 4 aromatic rings. The van der Waals surface area contributed by atoms with Crippen LogP contribution < -0.4 is 11.2 Å². The standard InChI is InChI=1S/C20H15F3N4O3/c1-2-26-18(28)14-8-3-4-9-15(14)27(19(26)29)11-16-24-17(25-30-16)12-6-5-7-13(10-12)20(21,22)23/h3-10H,2,11H2,1H3. The van der Waals surface area contributed by atoms with Gasteiger partial charge in [0.15, 0.2) is 0 Å². The second-order valence-corrected chi connectivity index (χ2v) is 6.53. The summed E-state index contributed by atoms with van der Waals surface area (Å²) in [5, 5.41) is 4.10. The Labute approximate surface area is 167 Å². The Morgan fingerprint density at radius 1 is 1.03 bits per heavy atom. The molecule has 4 rings (SSSR count). The minimum absolute atomic E-state index is 0.0240. The lowest BCUT2D eigenvalue weighted by atomic mass is 10.1. The zero-order valence-electron chi connectivity index (χ0n) is 15.7. The van der Waals surface area contributed by atoms with E-state index in [0.29, 0.717) is 10.9 Å². The van der Waals surface area contributed by atoms with E-state index in [1.54, 1.807) is 31.2 Å². The van der Waals surface area contributed by atoms with Crippen molar-refractivity contribution < 1.29 is 17.7 Å². The molecule has 30 heavy (non-hydrogen) atoms. The van der Waals surface area contributed by atoms with Gasteiger partial charge in [0.2, 0.25) is 11.7 Å². The molecular formula is C20H15F3N4O3. The van der Waals surface area contributed by atoms with Gasteiger partial charge in [-0.25, -0.2) is 4.79 Å². The number of halogens is 3. The van der Waals surface area contributed by atoms with Crippen LogP contribution >= 0.6 is 0 Å². The highest BCUT2D eigenvalue weighted by Crippen LogP contribution is 2.31. The normalized spacial score (nSPS) is 11.9. The molecule has 0 atom stereocenters. The summed E-state index contributed by atoms with van der Waals surface area (Å²) in [6.07, 6.45) is -4.50. The molecule has 0 unspecified atom stereocenters. The summed E-state index contributed by atoms with van der Waals surface area (Å²) in [5.74, 6) is -0.00626. The Hall–Kier alpha value is -3.69. The molecule has 0 fully saturated rings. The van der Waals surface area contributed by atoms with Crippen molar-refractivity contribution in [3.63, 3.8) is 0 Å². The van der Waals surface area contributed by atoms with E-state index in [2.05, 4.69) is 10.1 Å². The van der Waals surface area contributed by atoms with Crippen molar-refractivity contribution in [3.05, 3.63) is 80.8 Å². The highest BCUT2D eigenvalue weighted by molar-refractivity contribution is 5.77. The maximum Gasteiger partial charge on any atom is 0.416 e. The molecule has 0 radical (unpaired) electrons. The molecule has 0 amide bonds. The Bertz CT molecular complexity index is 1350. The summed E-state index contributed by atoms with van der Waals surface area (Å²) in [5.41, 5.74) is -1.24. The van der Waals surface area contributed by atoms with E-state index in [0.717, 1.165) is 16.7 Å². The fourth-order valence-electron chi connectivity index (χ4n) is 3.21. The van der Waals surface area contributed by atoms with Crippen LogP contribution in [-0.4, -0.2) is 19.3 Å². The van der Waals surface area contributed by atoms with Gasteiger partial charge in [-0.3, -0.25) is 13.9 Å². The minimum Gasteiger partial charge on any atom is -0.337 e. The van der Waals surface area contributed by atoms with Crippen molar-refractivity contribution in [2.24, 2.45) is 0 Å². The summed E-state index contributed by atoms with van der Waals surface area (Å²) in [4.78, 5) is 29.4. The van der Waals surface area contributed by atoms with Gasteiger partial charge in [-0.15, -0.1) is 0 Å². The van der Waals surface area contributed by atoms with Crippen molar-refractivity contribution in [1.29, 1.82) is 0 Å². The van der Waals surface area contributed by atoms with Gasteiger partial charge in [-0.1, -0.05) is 29.4 Å². The van der Waals surface area contributed by atoms with Crippen LogP contribution in [0.4, 0.5) is 13.2 Å². The Balaban J connectivity index is 1.76. The van der Waals surface area contributed by atoms with E-state index in [1.807, 2.05) is 0 Å². The first-order valence-electron chi connectivity index (χ1n) is 9.02. The number of hydrogen-bond donors (Lipinski definition) is 0. The molecule has 0 aliphatic rings. The third-order valence-electron chi connectivity index (χ3n) is 4.66. The molecule has 7 nitrogen and oxygen atoms in total. The molecule has 10 heteroatoms. The topological polar surface area (TPSA) is 82.9 Å². The predicted molar refractivity (Wildman–Crippen MR) is 102 cm³/mol. The van der Waals surface area contributed by atoms with E-state index in [9.17, 15) is 22.8 Å². The Morgan fingerprint density at radius 2 is 1.80 bits per heavy atom. The number of benzene rings is 2. The molecule has 0 spiro atoms. The van der Waals surface area contributed by atoms with Crippen LogP contribution in [0.2, 0.25) is 0 Å². The molecule has 0 saturated carbocycles. The second kappa shape index (κ2) is 7.29. The number of rotatable bonds is 4. The van der Waals surface area contributed by atoms with Gasteiger partial charge in [0.1, 0.15) is 6.54 Å². The van der Waals surface area contributed by atoms with Crippen LogP contribution in [0.25, 0.3) is 22.3 Å². The predicted octanol–water partition coefficient (Wildman–Crippen LogP) is 3.30. The lowest BCUT2D eigenvalue weighted by molar-refractivity contribution is -0.137. The summed E-state index contributed by atoms with van der Waals surface area (Å²) in [6, 6.07) is 11.2. The first-order valence-corrected chi connectivity index (χ1v) is 9.02. The highest BCUT2D eigenvalue weighted by atomic mass is 19.4. The van der Waals surface area contributed by atoms with Gasteiger partial charge < -0.3 is 4.52 Å². The van der Waals surface area contributed by atoms with Crippen LogP contribution in [0.5, 0.6) is 0 Å². The number of nitrogens with zero attached hydrogens (tertiary/aromatic N) is 4. The van der Waals surface area contributed by atoms with Gasteiger partial charge >= 0.3 is 11.9 Å². The maximum absolute atomic E-state index is 12.9. The largest absolute Gasteiger partial charge is 0.416 e. The molecule has 2 aromatic heterocycles. The number of fused-ring (bicyclic) bond motifs is 1. The lowest BCUT2D eigenvalue weighted by Crippen LogP contribution is -2.39. The third kappa shape index (κ3) is 3.40. The molecular weight excluding hydrogens is 401 g/mol. The first kappa shape index (κ1) is 19.6. The van der Waals surface area contributed by atoms with E-state index < -0.39 is 23.0 Å². The van der Waals surface area contributed by atoms with E-state index in [4.69, 9.17) is 4.52 Å². The van der Waals surface area contributed by atoms with Gasteiger partial charge in [-0.2, -0.15) is 18.2 Å². The van der Waals surface area contributed by atoms with Crippen molar-refractivity contribution in [2.75, 3.05) is 0 Å². The average Bonchev–Trinajstić information content (AvgIpc) is 3.20. The smallest absolute Gasteiger partial charge is 0.337 e. The quantitative estimate of drug-likeness (QED) is 0.510. The van der Waals surface area contributed by atoms with Gasteiger partial charge in [-0.05, 0) is 31.2 Å². The van der Waals surface area contributed by atoms with E-state index in [-0.39, 0.29) is 30.4 Å². The number of alkyl halides is 3. The highest BCUT2D eigenvalue weighted by Gasteiger charge is 2.30. The van der Waals surface area contributed by atoms with Crippen molar-refractivity contribution in [3.8, 4) is 11.4 Å². The van der Waals surface area contributed by atoms with Crippen LogP contribution in [0.3, 0.4) is 0 Å². The SMILES string of the molecule is CCn1c(=O)c2ccccc2n(Cc2nc(-c3cccc(C(F)(F)F)c3)no2)c1=O. The fraction of sp³-hybridized carbons (Fsp3) is 0.200. The molecule has 154 valence electrons. The Kier molecular flexibility index (Phi) is 4.76. The van der Waals surface area contributed by atoms with E-state index >= 15 is 0 Å².